The van der Waals surface area contributed by atoms with Crippen LogP contribution in [0.5, 0.6) is 5.75 Å². The second kappa shape index (κ2) is 2.77. The van der Waals surface area contributed by atoms with E-state index in [4.69, 9.17) is 5.11 Å². The maximum atomic E-state index is 12.0. The van der Waals surface area contributed by atoms with Crippen molar-refractivity contribution in [3.63, 3.8) is 0 Å². The predicted molar refractivity (Wildman–Crippen MR) is 33.4 cm³/mol. The van der Waals surface area contributed by atoms with Gasteiger partial charge in [0.1, 0.15) is 6.33 Å². The minimum Gasteiger partial charge on any atom is -0.504 e. The summed E-state index contributed by atoms with van der Waals surface area (Å²) in [4.78, 5) is 6.75. The molecule has 0 fully saturated rings. The fourth-order valence-corrected chi connectivity index (χ4v) is 0.645. The van der Waals surface area contributed by atoms with Gasteiger partial charge in [-0.15, -0.1) is 0 Å². The maximum Gasteiger partial charge on any atom is 0.284 e. The van der Waals surface area contributed by atoms with Crippen LogP contribution in [0.1, 0.15) is 17.8 Å². The van der Waals surface area contributed by atoms with Gasteiger partial charge in [-0.3, -0.25) is 0 Å². The molecule has 0 aliphatic rings. The van der Waals surface area contributed by atoms with Crippen molar-refractivity contribution < 1.29 is 13.9 Å². The molecule has 3 nitrogen and oxygen atoms in total. The number of alkyl halides is 2. The largest absolute Gasteiger partial charge is 0.504 e. The van der Waals surface area contributed by atoms with Crippen molar-refractivity contribution in [2.45, 2.75) is 13.3 Å². The Labute approximate surface area is 61.7 Å². The third kappa shape index (κ3) is 1.42. The Hall–Kier alpha value is -1.26. The lowest BCUT2D eigenvalue weighted by atomic mass is 10.3. The van der Waals surface area contributed by atoms with E-state index in [1.54, 1.807) is 0 Å². The van der Waals surface area contributed by atoms with Gasteiger partial charge in [0.05, 0.1) is 5.69 Å². The maximum absolute atomic E-state index is 12.0. The molecule has 0 atom stereocenters. The lowest BCUT2D eigenvalue weighted by Gasteiger charge is -2.02. The number of aromatic hydroxyl groups is 1. The molecular weight excluding hydrogens is 154 g/mol. The second-order valence-corrected chi connectivity index (χ2v) is 1.99. The molecule has 0 saturated carbocycles. The number of hydrogen-bond donors (Lipinski definition) is 1. The molecule has 0 saturated heterocycles. The summed E-state index contributed by atoms with van der Waals surface area (Å²) < 4.78 is 23.9. The summed E-state index contributed by atoms with van der Waals surface area (Å²) >= 11 is 0. The smallest absolute Gasteiger partial charge is 0.284 e. The van der Waals surface area contributed by atoms with Crippen LogP contribution in [0, 0.1) is 6.92 Å². The summed E-state index contributed by atoms with van der Waals surface area (Å²) in [5, 5.41) is 8.96. The van der Waals surface area contributed by atoms with Gasteiger partial charge in [-0.2, -0.15) is 0 Å². The molecule has 1 N–H and O–H groups in total. The minimum absolute atomic E-state index is 0.162. The van der Waals surface area contributed by atoms with E-state index < -0.39 is 17.9 Å². The number of halogens is 2. The van der Waals surface area contributed by atoms with Crippen molar-refractivity contribution in [3.05, 3.63) is 17.7 Å². The highest BCUT2D eigenvalue weighted by Crippen LogP contribution is 2.26. The molecule has 60 valence electrons. The topological polar surface area (TPSA) is 46.0 Å². The molecule has 0 amide bonds. The Morgan fingerprint density at radius 1 is 1.45 bits per heavy atom. The fraction of sp³-hybridized carbons (Fsp3) is 0.333. The van der Waals surface area contributed by atoms with E-state index >= 15 is 0 Å². The van der Waals surface area contributed by atoms with Gasteiger partial charge in [-0.1, -0.05) is 0 Å². The van der Waals surface area contributed by atoms with Crippen molar-refractivity contribution in [2.24, 2.45) is 0 Å². The Kier molecular flexibility index (Phi) is 1.98. The lowest BCUT2D eigenvalue weighted by Crippen LogP contribution is -1.94. The first-order chi connectivity index (χ1) is 5.13. The van der Waals surface area contributed by atoms with E-state index in [1.165, 1.54) is 6.92 Å². The van der Waals surface area contributed by atoms with Gasteiger partial charge < -0.3 is 5.11 Å². The first-order valence-corrected chi connectivity index (χ1v) is 2.91. The fourth-order valence-electron chi connectivity index (χ4n) is 0.645. The molecular formula is C6H6F2N2O. The second-order valence-electron chi connectivity index (χ2n) is 1.99. The number of aryl methyl sites for hydroxylation is 1. The zero-order chi connectivity index (χ0) is 8.43. The van der Waals surface area contributed by atoms with E-state index in [-0.39, 0.29) is 5.69 Å². The number of hydrogen-bond acceptors (Lipinski definition) is 3. The molecule has 0 aromatic carbocycles. The average Bonchev–Trinajstić information content (AvgIpc) is 1.94. The van der Waals surface area contributed by atoms with Crippen molar-refractivity contribution in [2.75, 3.05) is 0 Å². The third-order valence-corrected chi connectivity index (χ3v) is 1.24. The number of nitrogens with zero attached hydrogens (tertiary/aromatic N) is 2. The molecule has 1 rings (SSSR count). The Morgan fingerprint density at radius 2 is 2.09 bits per heavy atom. The normalized spacial score (nSPS) is 10.5. The van der Waals surface area contributed by atoms with Gasteiger partial charge in [0, 0.05) is 0 Å². The zero-order valence-electron chi connectivity index (χ0n) is 5.75. The van der Waals surface area contributed by atoms with Crippen LogP contribution >= 0.6 is 0 Å². The van der Waals surface area contributed by atoms with Crippen LogP contribution in [0.4, 0.5) is 8.78 Å². The minimum atomic E-state index is -2.75. The highest BCUT2D eigenvalue weighted by atomic mass is 19.3. The van der Waals surface area contributed by atoms with E-state index in [2.05, 4.69) is 9.97 Å². The van der Waals surface area contributed by atoms with Gasteiger partial charge in [0.25, 0.3) is 6.43 Å². The van der Waals surface area contributed by atoms with E-state index in [0.717, 1.165) is 6.33 Å². The summed E-state index contributed by atoms with van der Waals surface area (Å²) in [6.45, 7) is 1.43. The molecule has 1 aromatic rings. The van der Waals surface area contributed by atoms with E-state index in [1.807, 2.05) is 0 Å². The first-order valence-electron chi connectivity index (χ1n) is 2.91. The highest BCUT2D eigenvalue weighted by Gasteiger charge is 2.15. The van der Waals surface area contributed by atoms with Gasteiger partial charge >= 0.3 is 0 Å². The summed E-state index contributed by atoms with van der Waals surface area (Å²) in [7, 11) is 0. The molecule has 0 aliphatic carbocycles. The molecule has 5 heteroatoms. The van der Waals surface area contributed by atoms with Gasteiger partial charge in [0.15, 0.2) is 11.4 Å². The lowest BCUT2D eigenvalue weighted by molar-refractivity contribution is 0.141. The molecule has 0 aliphatic heterocycles. The van der Waals surface area contributed by atoms with Crippen molar-refractivity contribution in [1.29, 1.82) is 0 Å². The SMILES string of the molecule is Cc1ncnc(C(F)F)c1O. The summed E-state index contributed by atoms with van der Waals surface area (Å²) in [5.74, 6) is -0.525. The van der Waals surface area contributed by atoms with Crippen LogP contribution in [0.15, 0.2) is 6.33 Å². The van der Waals surface area contributed by atoms with Crippen LogP contribution in [0.3, 0.4) is 0 Å². The summed E-state index contributed by atoms with van der Waals surface area (Å²) in [5.41, 5.74) is -0.451. The molecule has 0 bridgehead atoms. The Balaban J connectivity index is 3.17. The Bertz CT molecular complexity index is 265. The van der Waals surface area contributed by atoms with Crippen molar-refractivity contribution in [3.8, 4) is 5.75 Å². The number of rotatable bonds is 1. The molecule has 1 heterocycles. The van der Waals surface area contributed by atoms with Crippen LogP contribution in [-0.4, -0.2) is 15.1 Å². The molecule has 1 aromatic heterocycles. The van der Waals surface area contributed by atoms with Crippen LogP contribution in [0.2, 0.25) is 0 Å². The first kappa shape index (κ1) is 7.84. The number of aromatic nitrogens is 2. The van der Waals surface area contributed by atoms with Crippen molar-refractivity contribution >= 4 is 0 Å². The molecule has 0 spiro atoms. The monoisotopic (exact) mass is 160 g/mol. The molecule has 0 unspecified atom stereocenters. The van der Waals surface area contributed by atoms with Crippen molar-refractivity contribution in [1.82, 2.24) is 9.97 Å². The average molecular weight is 160 g/mol. The van der Waals surface area contributed by atoms with E-state index in [9.17, 15) is 8.78 Å². The standard InChI is InChI=1S/C6H6F2N2O/c1-3-5(11)4(6(7)8)10-2-9-3/h2,6,11H,1H3. The quantitative estimate of drug-likeness (QED) is 0.675. The summed E-state index contributed by atoms with van der Waals surface area (Å²) in [6.07, 6.45) is -1.76. The zero-order valence-corrected chi connectivity index (χ0v) is 5.75. The predicted octanol–water partition coefficient (Wildman–Crippen LogP) is 1.43. The highest BCUT2D eigenvalue weighted by molar-refractivity contribution is 5.29. The molecule has 11 heavy (non-hydrogen) atoms. The Morgan fingerprint density at radius 3 is 2.55 bits per heavy atom. The van der Waals surface area contributed by atoms with Gasteiger partial charge in [0.2, 0.25) is 0 Å². The summed E-state index contributed by atoms with van der Waals surface area (Å²) in [6, 6.07) is 0. The van der Waals surface area contributed by atoms with Crippen LogP contribution < -0.4 is 0 Å². The van der Waals surface area contributed by atoms with Crippen LogP contribution in [-0.2, 0) is 0 Å². The van der Waals surface area contributed by atoms with Gasteiger partial charge in [-0.05, 0) is 6.92 Å². The van der Waals surface area contributed by atoms with Crippen LogP contribution in [0.25, 0.3) is 0 Å². The third-order valence-electron chi connectivity index (χ3n) is 1.24. The van der Waals surface area contributed by atoms with E-state index in [0.29, 0.717) is 0 Å². The van der Waals surface area contributed by atoms with Gasteiger partial charge in [-0.25, -0.2) is 18.7 Å². The molecule has 0 radical (unpaired) electrons.